The number of hydrogen-bond donors (Lipinski definition) is 1. The van der Waals surface area contributed by atoms with Crippen molar-refractivity contribution in [2.45, 2.75) is 37.2 Å². The smallest absolute Gasteiger partial charge is 0.317 e. The van der Waals surface area contributed by atoms with Crippen molar-refractivity contribution in [3.05, 3.63) is 52.2 Å². The number of amides is 2. The summed E-state index contributed by atoms with van der Waals surface area (Å²) in [6.07, 6.45) is 3.38. The molecule has 1 N–H and O–H groups in total. The fourth-order valence-corrected chi connectivity index (χ4v) is 5.10. The Hall–Kier alpha value is -1.90. The lowest BCUT2D eigenvalue weighted by Crippen LogP contribution is -2.43. The van der Waals surface area contributed by atoms with Crippen molar-refractivity contribution in [1.82, 2.24) is 15.1 Å². The summed E-state index contributed by atoms with van der Waals surface area (Å²) in [6.45, 7) is 5.79. The summed E-state index contributed by atoms with van der Waals surface area (Å²) in [6, 6.07) is 10.8. The lowest BCUT2D eigenvalue weighted by atomic mass is 9.97. The highest BCUT2D eigenvalue weighted by Gasteiger charge is 2.22. The molecule has 0 spiro atoms. The van der Waals surface area contributed by atoms with E-state index in [2.05, 4.69) is 27.7 Å². The molecule has 0 aliphatic carbocycles. The van der Waals surface area contributed by atoms with Crippen LogP contribution < -0.4 is 5.32 Å². The average molecular weight is 450 g/mol. The summed E-state index contributed by atoms with van der Waals surface area (Å²) < 4.78 is 23.2. The zero-order valence-corrected chi connectivity index (χ0v) is 19.5. The van der Waals surface area contributed by atoms with E-state index in [0.29, 0.717) is 12.5 Å². The summed E-state index contributed by atoms with van der Waals surface area (Å²) in [5.74, 6) is 0.506. The third-order valence-electron chi connectivity index (χ3n) is 5.90. The molecule has 2 amide bonds. The van der Waals surface area contributed by atoms with Gasteiger partial charge < -0.3 is 10.2 Å². The maximum atomic E-state index is 12.6. The van der Waals surface area contributed by atoms with E-state index in [1.54, 1.807) is 47.5 Å². The third kappa shape index (κ3) is 6.06. The second-order valence-electron chi connectivity index (χ2n) is 8.11. The minimum absolute atomic E-state index is 0.101. The summed E-state index contributed by atoms with van der Waals surface area (Å²) in [5.41, 5.74) is 0.905. The molecule has 0 bridgehead atoms. The topological polar surface area (TPSA) is 69.7 Å². The van der Waals surface area contributed by atoms with E-state index in [4.69, 9.17) is 0 Å². The van der Waals surface area contributed by atoms with Crippen molar-refractivity contribution in [3.8, 4) is 0 Å². The van der Waals surface area contributed by atoms with Crippen LogP contribution >= 0.6 is 11.3 Å². The molecule has 164 valence electrons. The first-order valence-corrected chi connectivity index (χ1v) is 13.1. The van der Waals surface area contributed by atoms with Crippen molar-refractivity contribution >= 4 is 27.2 Å². The van der Waals surface area contributed by atoms with Crippen LogP contribution in [0.4, 0.5) is 4.79 Å². The Morgan fingerprint density at radius 1 is 1.23 bits per heavy atom. The molecule has 8 heteroatoms. The Labute approximate surface area is 183 Å². The lowest BCUT2D eigenvalue weighted by molar-refractivity contribution is 0.168. The molecule has 1 aliphatic heterocycles. The van der Waals surface area contributed by atoms with Crippen LogP contribution in [-0.2, 0) is 16.4 Å². The van der Waals surface area contributed by atoms with E-state index < -0.39 is 9.84 Å². The molecule has 1 aromatic heterocycles. The Kier molecular flexibility index (Phi) is 7.55. The molecule has 1 saturated heterocycles. The minimum Gasteiger partial charge on any atom is -0.338 e. The molecule has 1 unspecified atom stereocenters. The van der Waals surface area contributed by atoms with E-state index in [-0.39, 0.29) is 17.0 Å². The van der Waals surface area contributed by atoms with Crippen LogP contribution in [0.1, 0.15) is 36.2 Å². The first-order chi connectivity index (χ1) is 14.2. The van der Waals surface area contributed by atoms with Crippen LogP contribution in [0, 0.1) is 5.92 Å². The van der Waals surface area contributed by atoms with E-state index in [1.807, 2.05) is 6.92 Å². The van der Waals surface area contributed by atoms with Gasteiger partial charge in [-0.25, -0.2) is 13.2 Å². The first-order valence-electron chi connectivity index (χ1n) is 10.3. The molecule has 1 aromatic carbocycles. The van der Waals surface area contributed by atoms with Gasteiger partial charge in [0, 0.05) is 31.3 Å². The van der Waals surface area contributed by atoms with Crippen LogP contribution in [0.2, 0.25) is 0 Å². The summed E-state index contributed by atoms with van der Waals surface area (Å²) in [5, 5.41) is 5.19. The van der Waals surface area contributed by atoms with E-state index in [9.17, 15) is 13.2 Å². The maximum Gasteiger partial charge on any atom is 0.317 e. The zero-order valence-electron chi connectivity index (χ0n) is 17.9. The largest absolute Gasteiger partial charge is 0.338 e. The van der Waals surface area contributed by atoms with Gasteiger partial charge in [-0.15, -0.1) is 11.3 Å². The van der Waals surface area contributed by atoms with Gasteiger partial charge in [0.25, 0.3) is 0 Å². The number of benzene rings is 1. The summed E-state index contributed by atoms with van der Waals surface area (Å²) in [7, 11) is -1.45. The van der Waals surface area contributed by atoms with Gasteiger partial charge >= 0.3 is 6.03 Å². The van der Waals surface area contributed by atoms with Gasteiger partial charge in [0.15, 0.2) is 9.84 Å². The Morgan fingerprint density at radius 3 is 2.47 bits per heavy atom. The zero-order chi connectivity index (χ0) is 21.7. The summed E-state index contributed by atoms with van der Waals surface area (Å²) >= 11 is 1.80. The number of rotatable bonds is 7. The number of hydrogen-bond acceptors (Lipinski definition) is 5. The lowest BCUT2D eigenvalue weighted by Gasteiger charge is -2.32. The number of piperidine rings is 1. The van der Waals surface area contributed by atoms with Gasteiger partial charge in [0.2, 0.25) is 0 Å². The molecule has 3 rings (SSSR count). The fraction of sp³-hybridized carbons (Fsp3) is 0.500. The van der Waals surface area contributed by atoms with Crippen LogP contribution in [-0.4, -0.2) is 57.2 Å². The van der Waals surface area contributed by atoms with Crippen molar-refractivity contribution in [3.63, 3.8) is 0 Å². The predicted molar refractivity (Wildman–Crippen MR) is 121 cm³/mol. The quantitative estimate of drug-likeness (QED) is 0.699. The normalized spacial score (nSPS) is 16.9. The van der Waals surface area contributed by atoms with Gasteiger partial charge in [-0.2, -0.15) is 0 Å². The first kappa shape index (κ1) is 22.8. The summed E-state index contributed by atoms with van der Waals surface area (Å²) in [4.78, 5) is 18.5. The average Bonchev–Trinajstić information content (AvgIpc) is 3.24. The van der Waals surface area contributed by atoms with Crippen LogP contribution in [0.15, 0.2) is 46.7 Å². The molecule has 0 radical (unpaired) electrons. The number of thiophene rings is 1. The van der Waals surface area contributed by atoms with Gasteiger partial charge in [-0.05, 0) is 67.9 Å². The number of nitrogens with zero attached hydrogens (tertiary/aromatic N) is 2. The van der Waals surface area contributed by atoms with Gasteiger partial charge in [0.05, 0.1) is 10.9 Å². The standard InChI is InChI=1S/C22H31N3O3S2/c1-17(19-6-8-21(9-7-19)30(3,27)28)24(2)22(26)23-15-18-10-12-25(13-11-18)16-20-5-4-14-29-20/h4-9,14,17-18H,10-13,15-16H2,1-3H3,(H,23,26). The number of nitrogens with one attached hydrogen (secondary N) is 1. The van der Waals surface area contributed by atoms with Gasteiger partial charge in [-0.3, -0.25) is 4.90 Å². The number of carbonyl (C=O) groups excluding carboxylic acids is 1. The molecular formula is C22H31N3O3S2. The Balaban J connectivity index is 1.44. The van der Waals surface area contributed by atoms with Crippen LogP contribution in [0.25, 0.3) is 0 Å². The van der Waals surface area contributed by atoms with Crippen LogP contribution in [0.3, 0.4) is 0 Å². The highest BCUT2D eigenvalue weighted by Crippen LogP contribution is 2.22. The monoisotopic (exact) mass is 449 g/mol. The number of carbonyl (C=O) groups is 1. The molecule has 1 atom stereocenters. The van der Waals surface area contributed by atoms with Gasteiger partial charge in [0.1, 0.15) is 0 Å². The highest BCUT2D eigenvalue weighted by atomic mass is 32.2. The number of urea groups is 1. The highest BCUT2D eigenvalue weighted by molar-refractivity contribution is 7.90. The SMILES string of the molecule is CC(c1ccc(S(C)(=O)=O)cc1)N(C)C(=O)NCC1CCN(Cc2cccs2)CC1. The third-order valence-corrected chi connectivity index (χ3v) is 7.89. The Bertz CT molecular complexity index is 919. The maximum absolute atomic E-state index is 12.6. The van der Waals surface area contributed by atoms with Gasteiger partial charge in [-0.1, -0.05) is 18.2 Å². The fourth-order valence-electron chi connectivity index (χ4n) is 3.72. The second kappa shape index (κ2) is 9.94. The van der Waals surface area contributed by atoms with Crippen molar-refractivity contribution in [2.24, 2.45) is 5.92 Å². The molecular weight excluding hydrogens is 418 g/mol. The Morgan fingerprint density at radius 2 is 1.90 bits per heavy atom. The molecule has 1 aliphatic rings. The molecule has 2 aromatic rings. The van der Waals surface area contributed by atoms with E-state index in [1.165, 1.54) is 11.1 Å². The molecule has 6 nitrogen and oxygen atoms in total. The van der Waals surface area contributed by atoms with Crippen LogP contribution in [0.5, 0.6) is 0 Å². The van der Waals surface area contributed by atoms with Crippen molar-refractivity contribution in [1.29, 1.82) is 0 Å². The number of likely N-dealkylation sites (tertiary alicyclic amines) is 1. The molecule has 2 heterocycles. The minimum atomic E-state index is -3.22. The molecule has 1 fully saturated rings. The molecule has 30 heavy (non-hydrogen) atoms. The second-order valence-corrected chi connectivity index (χ2v) is 11.2. The van der Waals surface area contributed by atoms with E-state index in [0.717, 1.165) is 38.0 Å². The number of sulfone groups is 1. The van der Waals surface area contributed by atoms with Crippen molar-refractivity contribution in [2.75, 3.05) is 32.9 Å². The predicted octanol–water partition coefficient (Wildman–Crippen LogP) is 3.77. The van der Waals surface area contributed by atoms with Crippen molar-refractivity contribution < 1.29 is 13.2 Å². The van der Waals surface area contributed by atoms with E-state index >= 15 is 0 Å². The molecule has 0 saturated carbocycles.